The normalized spacial score (nSPS) is 15.8. The summed E-state index contributed by atoms with van der Waals surface area (Å²) in [6, 6.07) is 10.1. The Bertz CT molecular complexity index is 883. The summed E-state index contributed by atoms with van der Waals surface area (Å²) in [5.74, 6) is 3.23. The molecule has 0 aliphatic carbocycles. The summed E-state index contributed by atoms with van der Waals surface area (Å²) < 4.78 is 11.4. The van der Waals surface area contributed by atoms with Gasteiger partial charge in [-0.05, 0) is 56.5 Å². The van der Waals surface area contributed by atoms with Crippen molar-refractivity contribution in [2.45, 2.75) is 32.7 Å². The molecule has 32 heavy (non-hydrogen) atoms. The number of aromatic nitrogens is 1. The lowest BCUT2D eigenvalue weighted by Crippen LogP contribution is -2.45. The Morgan fingerprint density at radius 2 is 2.00 bits per heavy atom. The Morgan fingerprint density at radius 3 is 2.72 bits per heavy atom. The van der Waals surface area contributed by atoms with Gasteiger partial charge in [0.2, 0.25) is 0 Å². The summed E-state index contributed by atoms with van der Waals surface area (Å²) >= 11 is 6.29. The molecule has 1 aromatic carbocycles. The Kier molecular flexibility index (Phi) is 11.2. The van der Waals surface area contributed by atoms with E-state index in [0.29, 0.717) is 24.3 Å². The third kappa shape index (κ3) is 7.30. The van der Waals surface area contributed by atoms with Crippen LogP contribution in [0, 0.1) is 0 Å². The molecule has 1 unspecified atom stereocenters. The molecule has 2 heterocycles. The number of hydrogen-bond donors (Lipinski definition) is 2. The maximum atomic E-state index is 6.29. The van der Waals surface area contributed by atoms with E-state index in [2.05, 4.69) is 37.6 Å². The SMILES string of the molecule is CCOc1ccc(CCNC(=NC)NC2CCN(c3ncccc3Cl)C2)cc1OCC.I. The van der Waals surface area contributed by atoms with Crippen LogP contribution < -0.4 is 25.0 Å². The number of aliphatic imine (C=N–C) groups is 1. The molecule has 1 aliphatic rings. The van der Waals surface area contributed by atoms with E-state index in [1.807, 2.05) is 32.0 Å². The smallest absolute Gasteiger partial charge is 0.191 e. The lowest BCUT2D eigenvalue weighted by Gasteiger charge is -2.20. The molecule has 0 spiro atoms. The zero-order valence-electron chi connectivity index (χ0n) is 18.9. The van der Waals surface area contributed by atoms with Gasteiger partial charge in [-0.25, -0.2) is 4.98 Å². The van der Waals surface area contributed by atoms with Gasteiger partial charge >= 0.3 is 0 Å². The van der Waals surface area contributed by atoms with Gasteiger partial charge < -0.3 is 25.0 Å². The van der Waals surface area contributed by atoms with Crippen molar-refractivity contribution >= 4 is 47.4 Å². The predicted octanol–water partition coefficient (Wildman–Crippen LogP) is 4.14. The van der Waals surface area contributed by atoms with Crippen molar-refractivity contribution in [2.24, 2.45) is 4.99 Å². The first-order chi connectivity index (χ1) is 15.1. The predicted molar refractivity (Wildman–Crippen MR) is 142 cm³/mol. The van der Waals surface area contributed by atoms with E-state index in [4.69, 9.17) is 21.1 Å². The van der Waals surface area contributed by atoms with E-state index >= 15 is 0 Å². The van der Waals surface area contributed by atoms with Crippen LogP contribution in [0.15, 0.2) is 41.5 Å². The monoisotopic (exact) mass is 573 g/mol. The number of pyridine rings is 1. The Morgan fingerprint density at radius 1 is 1.22 bits per heavy atom. The second-order valence-corrected chi connectivity index (χ2v) is 7.69. The van der Waals surface area contributed by atoms with Gasteiger partial charge in [0.25, 0.3) is 0 Å². The maximum Gasteiger partial charge on any atom is 0.191 e. The number of ether oxygens (including phenoxy) is 2. The lowest BCUT2D eigenvalue weighted by molar-refractivity contribution is 0.287. The Hall–Kier alpha value is -1.94. The molecule has 0 radical (unpaired) electrons. The molecule has 1 aliphatic heterocycles. The minimum Gasteiger partial charge on any atom is -0.490 e. The van der Waals surface area contributed by atoms with E-state index in [0.717, 1.165) is 55.8 Å². The molecule has 2 N–H and O–H groups in total. The fourth-order valence-corrected chi connectivity index (χ4v) is 3.89. The second kappa shape index (κ2) is 13.6. The standard InChI is InChI=1S/C23H32ClN5O2.HI/c1-4-30-20-9-8-17(15-21(20)31-5-2)10-13-27-23(25-3)28-18-11-14-29(16-18)22-19(24)7-6-12-26-22;/h6-9,12,15,18H,4-5,10-11,13-14,16H2,1-3H3,(H2,25,27,28);1H. The summed E-state index contributed by atoms with van der Waals surface area (Å²) in [6.07, 6.45) is 3.64. The van der Waals surface area contributed by atoms with Gasteiger partial charge in [-0.1, -0.05) is 17.7 Å². The number of hydrogen-bond acceptors (Lipinski definition) is 5. The average molecular weight is 574 g/mol. The van der Waals surface area contributed by atoms with Crippen molar-refractivity contribution in [3.63, 3.8) is 0 Å². The lowest BCUT2D eigenvalue weighted by atomic mass is 10.1. The van der Waals surface area contributed by atoms with Crippen molar-refractivity contribution in [1.82, 2.24) is 15.6 Å². The topological polar surface area (TPSA) is 71.0 Å². The second-order valence-electron chi connectivity index (χ2n) is 7.28. The van der Waals surface area contributed by atoms with Gasteiger partial charge in [-0.2, -0.15) is 0 Å². The number of nitrogens with one attached hydrogen (secondary N) is 2. The zero-order valence-corrected chi connectivity index (χ0v) is 22.0. The Labute approximate surface area is 213 Å². The molecule has 7 nitrogen and oxygen atoms in total. The van der Waals surface area contributed by atoms with Gasteiger partial charge in [0, 0.05) is 38.9 Å². The van der Waals surface area contributed by atoms with Crippen molar-refractivity contribution < 1.29 is 9.47 Å². The summed E-state index contributed by atoms with van der Waals surface area (Å²) in [4.78, 5) is 11.0. The van der Waals surface area contributed by atoms with Crippen molar-refractivity contribution in [1.29, 1.82) is 0 Å². The van der Waals surface area contributed by atoms with Crippen LogP contribution in [0.1, 0.15) is 25.8 Å². The fraction of sp³-hybridized carbons (Fsp3) is 0.478. The molecule has 3 rings (SSSR count). The van der Waals surface area contributed by atoms with Crippen LogP contribution in [0.5, 0.6) is 11.5 Å². The highest BCUT2D eigenvalue weighted by molar-refractivity contribution is 14.0. The largest absolute Gasteiger partial charge is 0.490 e. The average Bonchev–Trinajstić information content (AvgIpc) is 3.23. The summed E-state index contributed by atoms with van der Waals surface area (Å²) in [6.45, 7) is 7.70. The maximum absolute atomic E-state index is 6.29. The highest BCUT2D eigenvalue weighted by Crippen LogP contribution is 2.29. The van der Waals surface area contributed by atoms with Gasteiger partial charge in [-0.3, -0.25) is 4.99 Å². The minimum atomic E-state index is 0. The molecule has 1 aromatic heterocycles. The van der Waals surface area contributed by atoms with Crippen LogP contribution in [-0.2, 0) is 6.42 Å². The summed E-state index contributed by atoms with van der Waals surface area (Å²) in [7, 11) is 1.79. The summed E-state index contributed by atoms with van der Waals surface area (Å²) in [5.41, 5.74) is 1.19. The number of rotatable bonds is 9. The number of nitrogens with zero attached hydrogens (tertiary/aromatic N) is 3. The molecule has 1 fully saturated rings. The molecule has 1 saturated heterocycles. The van der Waals surface area contributed by atoms with E-state index in [9.17, 15) is 0 Å². The molecule has 0 saturated carbocycles. The van der Waals surface area contributed by atoms with Crippen molar-refractivity contribution in [3.8, 4) is 11.5 Å². The van der Waals surface area contributed by atoms with Crippen LogP contribution in [0.3, 0.4) is 0 Å². The first kappa shape index (κ1) is 26.3. The molecular formula is C23H33ClIN5O2. The number of anilines is 1. The van der Waals surface area contributed by atoms with Crippen LogP contribution in [0.4, 0.5) is 5.82 Å². The van der Waals surface area contributed by atoms with Crippen LogP contribution in [-0.4, -0.2) is 56.9 Å². The van der Waals surface area contributed by atoms with Gasteiger partial charge in [0.15, 0.2) is 17.5 Å². The van der Waals surface area contributed by atoms with Gasteiger partial charge in [0.05, 0.1) is 18.2 Å². The fourth-order valence-electron chi connectivity index (χ4n) is 3.64. The molecular weight excluding hydrogens is 541 g/mol. The van der Waals surface area contributed by atoms with E-state index < -0.39 is 0 Å². The van der Waals surface area contributed by atoms with Gasteiger partial charge in [-0.15, -0.1) is 24.0 Å². The Balaban J connectivity index is 0.00000363. The molecule has 9 heteroatoms. The third-order valence-corrected chi connectivity index (χ3v) is 5.40. The van der Waals surface area contributed by atoms with Gasteiger partial charge in [0.1, 0.15) is 5.82 Å². The van der Waals surface area contributed by atoms with E-state index in [1.54, 1.807) is 13.2 Å². The van der Waals surface area contributed by atoms with Crippen molar-refractivity contribution in [3.05, 3.63) is 47.1 Å². The third-order valence-electron chi connectivity index (χ3n) is 5.11. The van der Waals surface area contributed by atoms with Crippen LogP contribution >= 0.6 is 35.6 Å². The quantitative estimate of drug-likeness (QED) is 0.267. The van der Waals surface area contributed by atoms with E-state index in [-0.39, 0.29) is 24.0 Å². The first-order valence-corrected chi connectivity index (χ1v) is 11.2. The van der Waals surface area contributed by atoms with Crippen LogP contribution in [0.25, 0.3) is 0 Å². The number of benzene rings is 1. The molecule has 1 atom stereocenters. The van der Waals surface area contributed by atoms with Crippen LogP contribution in [0.2, 0.25) is 5.02 Å². The van der Waals surface area contributed by atoms with E-state index in [1.165, 1.54) is 5.56 Å². The summed E-state index contributed by atoms with van der Waals surface area (Å²) in [5, 5.41) is 7.61. The minimum absolute atomic E-state index is 0. The molecule has 0 bridgehead atoms. The van der Waals surface area contributed by atoms with Crippen molar-refractivity contribution in [2.75, 3.05) is 44.8 Å². The first-order valence-electron chi connectivity index (χ1n) is 10.9. The molecule has 2 aromatic rings. The zero-order chi connectivity index (χ0) is 22.1. The highest BCUT2D eigenvalue weighted by atomic mass is 127. The molecule has 0 amide bonds. The highest BCUT2D eigenvalue weighted by Gasteiger charge is 2.25. The molecule has 176 valence electrons. The number of halogens is 2. The number of guanidine groups is 1.